The second-order valence-electron chi connectivity index (χ2n) is 5.24. The molecule has 1 aliphatic rings. The molecule has 1 aromatic rings. The minimum absolute atomic E-state index is 0.0466. The summed E-state index contributed by atoms with van der Waals surface area (Å²) < 4.78 is 0.759. The summed E-state index contributed by atoms with van der Waals surface area (Å²) in [7, 11) is 1.87. The van der Waals surface area contributed by atoms with Crippen molar-refractivity contribution in [2.75, 3.05) is 26.7 Å². The summed E-state index contributed by atoms with van der Waals surface area (Å²) in [6.07, 6.45) is 2.41. The molecular formula is C15H20BrClN2O. The fourth-order valence-corrected chi connectivity index (χ4v) is 3.26. The van der Waals surface area contributed by atoms with Crippen molar-refractivity contribution in [3.05, 3.63) is 33.3 Å². The number of halogens is 2. The Labute approximate surface area is 134 Å². The maximum atomic E-state index is 12.4. The van der Waals surface area contributed by atoms with Crippen LogP contribution in [0.4, 0.5) is 0 Å². The van der Waals surface area contributed by atoms with Gasteiger partial charge in [0.2, 0.25) is 0 Å². The SMILES string of the molecule is CCN1CCCC1CN(C)C(=O)c1ccc(Cl)c(Br)c1. The summed E-state index contributed by atoms with van der Waals surface area (Å²) in [6, 6.07) is 5.80. The molecule has 1 atom stereocenters. The number of rotatable bonds is 4. The quantitative estimate of drug-likeness (QED) is 0.819. The minimum Gasteiger partial charge on any atom is -0.340 e. The van der Waals surface area contributed by atoms with Crippen LogP contribution in [-0.4, -0.2) is 48.4 Å². The van der Waals surface area contributed by atoms with Gasteiger partial charge in [-0.05, 0) is 60.1 Å². The van der Waals surface area contributed by atoms with Gasteiger partial charge in [0.25, 0.3) is 5.91 Å². The van der Waals surface area contributed by atoms with E-state index in [1.165, 1.54) is 12.8 Å². The van der Waals surface area contributed by atoms with Crippen LogP contribution in [0.2, 0.25) is 5.02 Å². The number of benzene rings is 1. The van der Waals surface area contributed by atoms with Crippen LogP contribution < -0.4 is 0 Å². The third-order valence-electron chi connectivity index (χ3n) is 3.90. The van der Waals surface area contributed by atoms with Gasteiger partial charge >= 0.3 is 0 Å². The van der Waals surface area contributed by atoms with Gasteiger partial charge in [-0.1, -0.05) is 18.5 Å². The van der Waals surface area contributed by atoms with Gasteiger partial charge in [0.05, 0.1) is 5.02 Å². The van der Waals surface area contributed by atoms with Gasteiger partial charge < -0.3 is 4.90 Å². The van der Waals surface area contributed by atoms with Crippen molar-refractivity contribution in [2.45, 2.75) is 25.8 Å². The number of likely N-dealkylation sites (N-methyl/N-ethyl adjacent to an activating group) is 2. The van der Waals surface area contributed by atoms with Gasteiger partial charge in [0, 0.05) is 29.7 Å². The molecule has 5 heteroatoms. The van der Waals surface area contributed by atoms with Crippen molar-refractivity contribution in [3.8, 4) is 0 Å². The van der Waals surface area contributed by atoms with Crippen LogP contribution in [0.1, 0.15) is 30.1 Å². The second-order valence-corrected chi connectivity index (χ2v) is 6.50. The highest BCUT2D eigenvalue weighted by molar-refractivity contribution is 9.10. The van der Waals surface area contributed by atoms with E-state index in [0.29, 0.717) is 16.6 Å². The largest absolute Gasteiger partial charge is 0.340 e. The van der Waals surface area contributed by atoms with Crippen molar-refractivity contribution < 1.29 is 4.79 Å². The van der Waals surface area contributed by atoms with E-state index < -0.39 is 0 Å². The molecule has 1 heterocycles. The average Bonchev–Trinajstić information content (AvgIpc) is 2.88. The summed E-state index contributed by atoms with van der Waals surface area (Å²) in [5, 5.41) is 0.622. The first-order valence-electron chi connectivity index (χ1n) is 6.97. The Hall–Kier alpha value is -0.580. The summed E-state index contributed by atoms with van der Waals surface area (Å²) in [5.74, 6) is 0.0466. The standard InChI is InChI=1S/C15H20BrClN2O/c1-3-19-8-4-5-12(19)10-18(2)15(20)11-6-7-14(17)13(16)9-11/h6-7,9,12H,3-5,8,10H2,1-2H3. The first kappa shape index (κ1) is 15.8. The highest BCUT2D eigenvalue weighted by atomic mass is 79.9. The highest BCUT2D eigenvalue weighted by Gasteiger charge is 2.25. The molecule has 1 unspecified atom stereocenters. The van der Waals surface area contributed by atoms with E-state index in [4.69, 9.17) is 11.6 Å². The van der Waals surface area contributed by atoms with Gasteiger partial charge in [-0.2, -0.15) is 0 Å². The summed E-state index contributed by atoms with van der Waals surface area (Å²) in [4.78, 5) is 16.7. The minimum atomic E-state index is 0.0466. The molecule has 0 aliphatic carbocycles. The predicted molar refractivity (Wildman–Crippen MR) is 86.4 cm³/mol. The van der Waals surface area contributed by atoms with Crippen LogP contribution in [0, 0.1) is 0 Å². The van der Waals surface area contributed by atoms with Crippen LogP contribution >= 0.6 is 27.5 Å². The van der Waals surface area contributed by atoms with Crippen molar-refractivity contribution in [1.29, 1.82) is 0 Å². The molecule has 0 aromatic heterocycles. The number of nitrogens with zero attached hydrogens (tertiary/aromatic N) is 2. The van der Waals surface area contributed by atoms with E-state index in [2.05, 4.69) is 27.8 Å². The third kappa shape index (κ3) is 3.54. The fourth-order valence-electron chi connectivity index (χ4n) is 2.77. The van der Waals surface area contributed by atoms with E-state index in [-0.39, 0.29) is 5.91 Å². The predicted octanol–water partition coefficient (Wildman–Crippen LogP) is 3.66. The van der Waals surface area contributed by atoms with Crippen LogP contribution in [0.3, 0.4) is 0 Å². The molecule has 3 nitrogen and oxygen atoms in total. The van der Waals surface area contributed by atoms with Crippen LogP contribution in [0.15, 0.2) is 22.7 Å². The molecule has 1 saturated heterocycles. The zero-order chi connectivity index (χ0) is 14.7. The molecule has 2 rings (SSSR count). The zero-order valence-corrected chi connectivity index (χ0v) is 14.2. The number of likely N-dealkylation sites (tertiary alicyclic amines) is 1. The molecule has 0 N–H and O–H groups in total. The van der Waals surface area contributed by atoms with Crippen LogP contribution in [0.25, 0.3) is 0 Å². The van der Waals surface area contributed by atoms with Crippen molar-refractivity contribution in [3.63, 3.8) is 0 Å². The maximum absolute atomic E-state index is 12.4. The number of amides is 1. The van der Waals surface area contributed by atoms with Crippen molar-refractivity contribution in [2.24, 2.45) is 0 Å². The topological polar surface area (TPSA) is 23.6 Å². The second kappa shape index (κ2) is 6.92. The molecule has 0 radical (unpaired) electrons. The smallest absolute Gasteiger partial charge is 0.253 e. The van der Waals surface area contributed by atoms with Gasteiger partial charge in [-0.15, -0.1) is 0 Å². The molecule has 1 amide bonds. The van der Waals surface area contributed by atoms with E-state index >= 15 is 0 Å². The van der Waals surface area contributed by atoms with Gasteiger partial charge in [-0.3, -0.25) is 9.69 Å². The van der Waals surface area contributed by atoms with Gasteiger partial charge in [-0.25, -0.2) is 0 Å². The molecule has 110 valence electrons. The molecular weight excluding hydrogens is 340 g/mol. The number of hydrogen-bond donors (Lipinski definition) is 0. The van der Waals surface area contributed by atoms with Gasteiger partial charge in [0.15, 0.2) is 0 Å². The summed E-state index contributed by atoms with van der Waals surface area (Å²) >= 11 is 9.32. The van der Waals surface area contributed by atoms with Crippen molar-refractivity contribution >= 4 is 33.4 Å². The molecule has 20 heavy (non-hydrogen) atoms. The van der Waals surface area contributed by atoms with Crippen molar-refractivity contribution in [1.82, 2.24) is 9.80 Å². The Morgan fingerprint density at radius 1 is 1.55 bits per heavy atom. The van der Waals surface area contributed by atoms with E-state index in [1.807, 2.05) is 11.9 Å². The number of hydrogen-bond acceptors (Lipinski definition) is 2. The lowest BCUT2D eigenvalue weighted by molar-refractivity contribution is 0.0754. The monoisotopic (exact) mass is 358 g/mol. The first-order valence-corrected chi connectivity index (χ1v) is 8.14. The molecule has 0 bridgehead atoms. The Balaban J connectivity index is 2.03. The Bertz CT molecular complexity index is 495. The van der Waals surface area contributed by atoms with E-state index in [0.717, 1.165) is 24.1 Å². The fraction of sp³-hybridized carbons (Fsp3) is 0.533. The highest BCUT2D eigenvalue weighted by Crippen LogP contribution is 2.24. The normalized spacial score (nSPS) is 19.3. The summed E-state index contributed by atoms with van der Waals surface area (Å²) in [5.41, 5.74) is 0.671. The number of carbonyl (C=O) groups excluding carboxylic acids is 1. The third-order valence-corrected chi connectivity index (χ3v) is 5.12. The molecule has 1 fully saturated rings. The Kier molecular flexibility index (Phi) is 5.47. The lowest BCUT2D eigenvalue weighted by Gasteiger charge is -2.27. The maximum Gasteiger partial charge on any atom is 0.253 e. The molecule has 1 aromatic carbocycles. The zero-order valence-electron chi connectivity index (χ0n) is 11.9. The van der Waals surface area contributed by atoms with Gasteiger partial charge in [0.1, 0.15) is 0 Å². The lowest BCUT2D eigenvalue weighted by Crippen LogP contribution is -2.41. The number of carbonyl (C=O) groups is 1. The van der Waals surface area contributed by atoms with Crippen LogP contribution in [0.5, 0.6) is 0 Å². The molecule has 1 aliphatic heterocycles. The Morgan fingerprint density at radius 3 is 2.95 bits per heavy atom. The average molecular weight is 360 g/mol. The molecule has 0 spiro atoms. The van der Waals surface area contributed by atoms with E-state index in [1.54, 1.807) is 18.2 Å². The van der Waals surface area contributed by atoms with Crippen LogP contribution in [-0.2, 0) is 0 Å². The summed E-state index contributed by atoms with van der Waals surface area (Å²) in [6.45, 7) is 5.16. The first-order chi connectivity index (χ1) is 9.52. The lowest BCUT2D eigenvalue weighted by atomic mass is 10.1. The van der Waals surface area contributed by atoms with E-state index in [9.17, 15) is 4.79 Å². The molecule has 0 saturated carbocycles. The Morgan fingerprint density at radius 2 is 2.30 bits per heavy atom.